The van der Waals surface area contributed by atoms with Crippen LogP contribution in [0.4, 0.5) is 0 Å². The molecule has 86 valence electrons. The van der Waals surface area contributed by atoms with Gasteiger partial charge in [-0.05, 0) is 12.1 Å². The number of rotatable bonds is 1. The lowest BCUT2D eigenvalue weighted by atomic mass is 10.2. The summed E-state index contributed by atoms with van der Waals surface area (Å²) in [4.78, 5) is 4.19. The minimum Gasteiger partial charge on any atom is -0.217 e. The van der Waals surface area contributed by atoms with Gasteiger partial charge >= 0.3 is 0 Å². The molecule has 0 unspecified atom stereocenters. The molecule has 0 aliphatic rings. The number of hydrogen-bond acceptors (Lipinski definition) is 3. The maximum absolute atomic E-state index is 8.93. The average molecular weight is 255 g/mol. The molecule has 0 fully saturated rings. The number of benzene rings is 1. The van der Waals surface area contributed by atoms with Gasteiger partial charge in [-0.1, -0.05) is 29.8 Å². The fourth-order valence-corrected chi connectivity index (χ4v) is 2.01. The van der Waals surface area contributed by atoms with Gasteiger partial charge in [0, 0.05) is 11.5 Å². The zero-order valence-corrected chi connectivity index (χ0v) is 9.96. The van der Waals surface area contributed by atoms with Crippen LogP contribution in [0.1, 0.15) is 5.56 Å². The zero-order chi connectivity index (χ0) is 12.5. The van der Waals surface area contributed by atoms with E-state index in [4.69, 9.17) is 16.9 Å². The molecular formula is C13H7ClN4. The minimum atomic E-state index is 0.281. The molecule has 2 aromatic heterocycles. The first-order valence-corrected chi connectivity index (χ1v) is 5.66. The lowest BCUT2D eigenvalue weighted by Crippen LogP contribution is -2.00. The fourth-order valence-electron chi connectivity index (χ4n) is 1.81. The molecule has 0 radical (unpaired) electrons. The van der Waals surface area contributed by atoms with Crippen molar-refractivity contribution < 1.29 is 0 Å². The molecule has 3 rings (SSSR count). The van der Waals surface area contributed by atoms with Crippen LogP contribution in [0.2, 0.25) is 5.15 Å². The van der Waals surface area contributed by atoms with Crippen molar-refractivity contribution in [3.05, 3.63) is 53.3 Å². The molecule has 0 spiro atoms. The van der Waals surface area contributed by atoms with Gasteiger partial charge in [0.25, 0.3) is 0 Å². The topological polar surface area (TPSA) is 54.5 Å². The molecule has 2 heterocycles. The van der Waals surface area contributed by atoms with Crippen LogP contribution in [0.3, 0.4) is 0 Å². The van der Waals surface area contributed by atoms with Crippen LogP contribution in [-0.2, 0) is 0 Å². The Labute approximate surface area is 108 Å². The van der Waals surface area contributed by atoms with Gasteiger partial charge < -0.3 is 0 Å². The Morgan fingerprint density at radius 1 is 1.22 bits per heavy atom. The normalized spacial score (nSPS) is 10.4. The van der Waals surface area contributed by atoms with E-state index in [-0.39, 0.29) is 5.15 Å². The summed E-state index contributed by atoms with van der Waals surface area (Å²) < 4.78 is 1.67. The first-order valence-electron chi connectivity index (χ1n) is 5.29. The standard InChI is InChI=1S/C13H7ClN4/c14-12-5-9(7-15)6-13(17-12)18-11-4-2-1-3-10(11)8-16-18/h1-6,8H. The van der Waals surface area contributed by atoms with Crippen molar-refractivity contribution in [3.8, 4) is 11.9 Å². The summed E-state index contributed by atoms with van der Waals surface area (Å²) in [6, 6.07) is 13.0. The van der Waals surface area contributed by atoms with Gasteiger partial charge in [-0.15, -0.1) is 0 Å². The van der Waals surface area contributed by atoms with Gasteiger partial charge in [0.05, 0.1) is 23.3 Å². The Kier molecular flexibility index (Phi) is 2.47. The van der Waals surface area contributed by atoms with Crippen LogP contribution >= 0.6 is 11.6 Å². The maximum Gasteiger partial charge on any atom is 0.157 e. The monoisotopic (exact) mass is 254 g/mol. The molecule has 4 nitrogen and oxygen atoms in total. The highest BCUT2D eigenvalue weighted by molar-refractivity contribution is 6.29. The number of halogens is 1. The maximum atomic E-state index is 8.93. The number of nitrogens with zero attached hydrogens (tertiary/aromatic N) is 4. The molecule has 0 N–H and O–H groups in total. The fraction of sp³-hybridized carbons (Fsp3) is 0. The second kappa shape index (κ2) is 4.13. The van der Waals surface area contributed by atoms with E-state index in [2.05, 4.69) is 16.2 Å². The molecule has 0 atom stereocenters. The molecular weight excluding hydrogens is 248 g/mol. The van der Waals surface area contributed by atoms with E-state index >= 15 is 0 Å². The summed E-state index contributed by atoms with van der Waals surface area (Å²) in [5.74, 6) is 0.542. The van der Waals surface area contributed by atoms with E-state index in [1.165, 1.54) is 6.07 Å². The van der Waals surface area contributed by atoms with Gasteiger partial charge in [0.1, 0.15) is 5.15 Å². The van der Waals surface area contributed by atoms with Crippen molar-refractivity contribution in [3.63, 3.8) is 0 Å². The van der Waals surface area contributed by atoms with Crippen molar-refractivity contribution in [2.75, 3.05) is 0 Å². The molecule has 18 heavy (non-hydrogen) atoms. The molecule has 0 aliphatic heterocycles. The lowest BCUT2D eigenvalue weighted by Gasteiger charge is -2.03. The highest BCUT2D eigenvalue weighted by Crippen LogP contribution is 2.19. The Balaban J connectivity index is 2.27. The van der Waals surface area contributed by atoms with Crippen molar-refractivity contribution in [2.45, 2.75) is 0 Å². The van der Waals surface area contributed by atoms with Gasteiger partial charge in [0.15, 0.2) is 5.82 Å². The number of pyridine rings is 1. The SMILES string of the molecule is N#Cc1cc(Cl)nc(-n2ncc3ccccc32)c1. The Morgan fingerprint density at radius 2 is 2.06 bits per heavy atom. The van der Waals surface area contributed by atoms with Crippen LogP contribution < -0.4 is 0 Å². The van der Waals surface area contributed by atoms with E-state index in [1.54, 1.807) is 16.9 Å². The average Bonchev–Trinajstić information content (AvgIpc) is 2.81. The summed E-state index contributed by atoms with van der Waals surface area (Å²) in [7, 11) is 0. The lowest BCUT2D eigenvalue weighted by molar-refractivity contribution is 0.874. The van der Waals surface area contributed by atoms with Crippen molar-refractivity contribution in [1.29, 1.82) is 5.26 Å². The zero-order valence-electron chi connectivity index (χ0n) is 9.21. The number of aromatic nitrogens is 3. The summed E-state index contributed by atoms with van der Waals surface area (Å²) in [6.45, 7) is 0. The summed E-state index contributed by atoms with van der Waals surface area (Å²) in [5, 5.41) is 14.5. The second-order valence-corrected chi connectivity index (χ2v) is 4.15. The van der Waals surface area contributed by atoms with Crippen molar-refractivity contribution in [1.82, 2.24) is 14.8 Å². The number of para-hydroxylation sites is 1. The highest BCUT2D eigenvalue weighted by Gasteiger charge is 2.07. The smallest absolute Gasteiger partial charge is 0.157 e. The van der Waals surface area contributed by atoms with E-state index in [0.717, 1.165) is 10.9 Å². The number of fused-ring (bicyclic) bond motifs is 1. The van der Waals surface area contributed by atoms with Crippen molar-refractivity contribution >= 4 is 22.5 Å². The quantitative estimate of drug-likeness (QED) is 0.628. The third-order valence-corrected chi connectivity index (χ3v) is 2.80. The molecule has 0 bridgehead atoms. The van der Waals surface area contributed by atoms with Gasteiger partial charge in [-0.2, -0.15) is 10.4 Å². The van der Waals surface area contributed by atoms with E-state index in [1.807, 2.05) is 24.3 Å². The van der Waals surface area contributed by atoms with E-state index in [9.17, 15) is 0 Å². The molecule has 0 aliphatic carbocycles. The van der Waals surface area contributed by atoms with Crippen LogP contribution in [0, 0.1) is 11.3 Å². The third-order valence-electron chi connectivity index (χ3n) is 2.60. The molecule has 0 saturated carbocycles. The predicted octanol–water partition coefficient (Wildman–Crippen LogP) is 2.95. The Hall–Kier alpha value is -2.38. The van der Waals surface area contributed by atoms with Crippen LogP contribution in [0.25, 0.3) is 16.7 Å². The van der Waals surface area contributed by atoms with Crippen LogP contribution in [0.5, 0.6) is 0 Å². The molecule has 5 heteroatoms. The summed E-state index contributed by atoms with van der Waals surface area (Å²) in [5.41, 5.74) is 1.39. The van der Waals surface area contributed by atoms with E-state index in [0.29, 0.717) is 11.4 Å². The molecule has 0 saturated heterocycles. The summed E-state index contributed by atoms with van der Waals surface area (Å²) in [6.07, 6.45) is 1.75. The van der Waals surface area contributed by atoms with Gasteiger partial charge in [0.2, 0.25) is 0 Å². The van der Waals surface area contributed by atoms with Crippen LogP contribution in [-0.4, -0.2) is 14.8 Å². The molecule has 0 amide bonds. The number of nitriles is 1. The second-order valence-electron chi connectivity index (χ2n) is 3.76. The third kappa shape index (κ3) is 1.71. The predicted molar refractivity (Wildman–Crippen MR) is 68.6 cm³/mol. The largest absolute Gasteiger partial charge is 0.217 e. The first-order chi connectivity index (χ1) is 8.78. The molecule has 3 aromatic rings. The Morgan fingerprint density at radius 3 is 2.89 bits per heavy atom. The van der Waals surface area contributed by atoms with E-state index < -0.39 is 0 Å². The Bertz CT molecular complexity index is 770. The molecule has 1 aromatic carbocycles. The summed E-state index contributed by atoms with van der Waals surface area (Å²) >= 11 is 5.89. The minimum absolute atomic E-state index is 0.281. The number of hydrogen-bond donors (Lipinski definition) is 0. The van der Waals surface area contributed by atoms with Gasteiger partial charge in [-0.25, -0.2) is 9.67 Å². The first kappa shape index (κ1) is 10.8. The van der Waals surface area contributed by atoms with Gasteiger partial charge in [-0.3, -0.25) is 0 Å². The van der Waals surface area contributed by atoms with Crippen molar-refractivity contribution in [2.24, 2.45) is 0 Å². The highest BCUT2D eigenvalue weighted by atomic mass is 35.5. The van der Waals surface area contributed by atoms with Crippen LogP contribution in [0.15, 0.2) is 42.6 Å².